The molecule has 1 aromatic heterocycles. The summed E-state index contributed by atoms with van der Waals surface area (Å²) >= 11 is 0. The fraction of sp³-hybridized carbons (Fsp3) is 0.667. The van der Waals surface area contributed by atoms with E-state index in [1.165, 1.54) is 6.07 Å². The van der Waals surface area contributed by atoms with Crippen molar-refractivity contribution in [1.29, 1.82) is 0 Å². The molecular weight excluding hydrogens is 275 g/mol. The summed E-state index contributed by atoms with van der Waals surface area (Å²) in [6.45, 7) is 4.44. The monoisotopic (exact) mass is 293 g/mol. The first-order chi connectivity index (χ1) is 9.05. The van der Waals surface area contributed by atoms with Gasteiger partial charge in [-0.05, 0) is 20.8 Å². The van der Waals surface area contributed by atoms with Crippen molar-refractivity contribution < 1.29 is 17.9 Å². The lowest BCUT2D eigenvalue weighted by Crippen LogP contribution is -2.35. The molecule has 0 atom stereocenters. The molecule has 0 amide bonds. The molecular formula is C12H18F3N3O2. The van der Waals surface area contributed by atoms with Crippen LogP contribution in [0.1, 0.15) is 32.3 Å². The normalized spacial score (nSPS) is 12.7. The topological polar surface area (TPSA) is 67.0 Å². The maximum Gasteiger partial charge on any atom is 0.411 e. The smallest absolute Gasteiger partial charge is 0.364 e. The van der Waals surface area contributed by atoms with Gasteiger partial charge in [0.15, 0.2) is 0 Å². The minimum atomic E-state index is -4.40. The van der Waals surface area contributed by atoms with E-state index in [1.807, 2.05) is 20.8 Å². The van der Waals surface area contributed by atoms with E-state index in [0.29, 0.717) is 12.2 Å². The van der Waals surface area contributed by atoms with Gasteiger partial charge in [-0.15, -0.1) is 0 Å². The highest BCUT2D eigenvalue weighted by Gasteiger charge is 2.27. The first-order valence-corrected chi connectivity index (χ1v) is 6.04. The molecule has 0 saturated heterocycles. The van der Waals surface area contributed by atoms with Gasteiger partial charge in [0.2, 0.25) is 0 Å². The third kappa shape index (κ3) is 7.25. The fourth-order valence-corrected chi connectivity index (χ4v) is 1.34. The van der Waals surface area contributed by atoms with E-state index in [0.717, 1.165) is 0 Å². The van der Waals surface area contributed by atoms with Gasteiger partial charge < -0.3 is 15.0 Å². The van der Waals surface area contributed by atoms with Crippen LogP contribution in [0.4, 0.5) is 13.2 Å². The molecule has 0 aliphatic rings. The van der Waals surface area contributed by atoms with Crippen molar-refractivity contribution >= 4 is 0 Å². The second kappa shape index (κ2) is 6.36. The molecule has 1 rings (SSSR count). The molecule has 0 aliphatic heterocycles. The van der Waals surface area contributed by atoms with Crippen LogP contribution in [0.15, 0.2) is 10.9 Å². The highest BCUT2D eigenvalue weighted by atomic mass is 19.4. The number of aromatic nitrogens is 2. The molecule has 8 heteroatoms. The Hall–Kier alpha value is -1.41. The molecule has 114 valence electrons. The average Bonchev–Trinajstić information content (AvgIpc) is 2.23. The van der Waals surface area contributed by atoms with Gasteiger partial charge in [0.1, 0.15) is 19.0 Å². The Morgan fingerprint density at radius 1 is 1.35 bits per heavy atom. The van der Waals surface area contributed by atoms with Gasteiger partial charge in [-0.2, -0.15) is 13.2 Å². The zero-order valence-corrected chi connectivity index (χ0v) is 11.6. The molecule has 5 nitrogen and oxygen atoms in total. The summed E-state index contributed by atoms with van der Waals surface area (Å²) < 4.78 is 40.3. The average molecular weight is 293 g/mol. The second-order valence-electron chi connectivity index (χ2n) is 5.39. The molecule has 0 aromatic carbocycles. The van der Waals surface area contributed by atoms with Crippen LogP contribution < -0.4 is 10.9 Å². The molecule has 1 heterocycles. The van der Waals surface area contributed by atoms with E-state index in [9.17, 15) is 18.0 Å². The second-order valence-corrected chi connectivity index (χ2v) is 5.39. The Morgan fingerprint density at radius 2 is 2.00 bits per heavy atom. The minimum Gasteiger partial charge on any atom is -0.364 e. The maximum absolute atomic E-state index is 11.9. The Balaban J connectivity index is 2.64. The van der Waals surface area contributed by atoms with Crippen LogP contribution in [-0.2, 0) is 17.9 Å². The number of ether oxygens (including phenoxy) is 1. The number of nitrogens with zero attached hydrogens (tertiary/aromatic N) is 1. The van der Waals surface area contributed by atoms with Gasteiger partial charge in [-0.1, -0.05) is 0 Å². The number of alkyl halides is 3. The molecule has 2 N–H and O–H groups in total. The predicted octanol–water partition coefficient (Wildman–Crippen LogP) is 1.74. The lowest BCUT2D eigenvalue weighted by atomic mass is 10.1. The zero-order valence-electron chi connectivity index (χ0n) is 11.6. The van der Waals surface area contributed by atoms with Gasteiger partial charge >= 0.3 is 6.18 Å². The molecule has 0 radical (unpaired) electrons. The Labute approximate surface area is 114 Å². The lowest BCUT2D eigenvalue weighted by molar-refractivity contribution is -0.177. The molecule has 1 aromatic rings. The molecule has 0 saturated carbocycles. The number of aromatic amines is 1. The Bertz CT molecular complexity index is 492. The predicted molar refractivity (Wildman–Crippen MR) is 67.2 cm³/mol. The van der Waals surface area contributed by atoms with Crippen LogP contribution in [0.25, 0.3) is 0 Å². The molecule has 0 unspecified atom stereocenters. The van der Waals surface area contributed by atoms with Crippen LogP contribution >= 0.6 is 0 Å². The van der Waals surface area contributed by atoms with Gasteiger partial charge in [0, 0.05) is 18.2 Å². The third-order valence-corrected chi connectivity index (χ3v) is 2.15. The summed E-state index contributed by atoms with van der Waals surface area (Å²) in [5.74, 6) is 0.0764. The van der Waals surface area contributed by atoms with Crippen molar-refractivity contribution in [2.45, 2.75) is 45.6 Å². The highest BCUT2D eigenvalue weighted by molar-refractivity contribution is 5.02. The summed E-state index contributed by atoms with van der Waals surface area (Å²) in [7, 11) is 0. The van der Waals surface area contributed by atoms with Crippen molar-refractivity contribution in [2.24, 2.45) is 0 Å². The number of rotatable bonds is 5. The van der Waals surface area contributed by atoms with E-state index in [2.05, 4.69) is 20.0 Å². The van der Waals surface area contributed by atoms with E-state index in [4.69, 9.17) is 0 Å². The number of nitrogens with one attached hydrogen (secondary N) is 2. The third-order valence-electron chi connectivity index (χ3n) is 2.15. The number of hydrogen-bond donors (Lipinski definition) is 2. The molecule has 0 spiro atoms. The van der Waals surface area contributed by atoms with Gasteiger partial charge in [-0.25, -0.2) is 4.98 Å². The van der Waals surface area contributed by atoms with Crippen molar-refractivity contribution in [1.82, 2.24) is 15.3 Å². The van der Waals surface area contributed by atoms with E-state index in [1.54, 1.807) is 0 Å². The Kier molecular flexibility index (Phi) is 5.29. The van der Waals surface area contributed by atoms with Crippen LogP contribution in [0.2, 0.25) is 0 Å². The SMILES string of the molecule is CC(C)(C)NCc1cc(=O)[nH]c(COCC(F)(F)F)n1. The standard InChI is InChI=1S/C12H18F3N3O2/c1-11(2,3)16-5-8-4-10(19)18-9(17-8)6-20-7-12(13,14)15/h4,16H,5-7H2,1-3H3,(H,17,18,19). The number of halogens is 3. The van der Waals surface area contributed by atoms with Gasteiger partial charge in [0.05, 0.1) is 5.69 Å². The first kappa shape index (κ1) is 16.6. The van der Waals surface area contributed by atoms with Gasteiger partial charge in [0.25, 0.3) is 5.56 Å². The van der Waals surface area contributed by atoms with Crippen LogP contribution in [0.3, 0.4) is 0 Å². The highest BCUT2D eigenvalue weighted by Crippen LogP contribution is 2.14. The first-order valence-electron chi connectivity index (χ1n) is 6.04. The molecule has 20 heavy (non-hydrogen) atoms. The van der Waals surface area contributed by atoms with Crippen LogP contribution in [-0.4, -0.2) is 28.3 Å². The minimum absolute atomic E-state index is 0.0764. The van der Waals surface area contributed by atoms with Crippen LogP contribution in [0, 0.1) is 0 Å². The maximum atomic E-state index is 11.9. The number of H-pyrrole nitrogens is 1. The summed E-state index contributed by atoms with van der Waals surface area (Å²) in [6, 6.07) is 1.30. The molecule has 0 aliphatic carbocycles. The van der Waals surface area contributed by atoms with E-state index in [-0.39, 0.29) is 11.4 Å². The summed E-state index contributed by atoms with van der Waals surface area (Å²) in [6.07, 6.45) is -4.40. The lowest BCUT2D eigenvalue weighted by Gasteiger charge is -2.20. The largest absolute Gasteiger partial charge is 0.411 e. The van der Waals surface area contributed by atoms with Gasteiger partial charge in [-0.3, -0.25) is 4.79 Å². The van der Waals surface area contributed by atoms with E-state index >= 15 is 0 Å². The Morgan fingerprint density at radius 3 is 2.55 bits per heavy atom. The zero-order chi connectivity index (χ0) is 15.4. The summed E-state index contributed by atoms with van der Waals surface area (Å²) in [5.41, 5.74) is -0.123. The molecule has 0 bridgehead atoms. The summed E-state index contributed by atoms with van der Waals surface area (Å²) in [5, 5.41) is 3.14. The fourth-order valence-electron chi connectivity index (χ4n) is 1.34. The van der Waals surface area contributed by atoms with Crippen molar-refractivity contribution in [2.75, 3.05) is 6.61 Å². The van der Waals surface area contributed by atoms with Crippen molar-refractivity contribution in [3.05, 3.63) is 27.9 Å². The number of hydrogen-bond acceptors (Lipinski definition) is 4. The van der Waals surface area contributed by atoms with Crippen LogP contribution in [0.5, 0.6) is 0 Å². The quantitative estimate of drug-likeness (QED) is 0.867. The van der Waals surface area contributed by atoms with Crippen molar-refractivity contribution in [3.63, 3.8) is 0 Å². The molecule has 0 fully saturated rings. The van der Waals surface area contributed by atoms with E-state index < -0.39 is 24.9 Å². The summed E-state index contributed by atoms with van der Waals surface area (Å²) in [4.78, 5) is 17.8. The van der Waals surface area contributed by atoms with Crippen molar-refractivity contribution in [3.8, 4) is 0 Å².